The summed E-state index contributed by atoms with van der Waals surface area (Å²) in [6.07, 6.45) is 4.12. The van der Waals surface area contributed by atoms with Crippen LogP contribution < -0.4 is 10.6 Å². The number of aromatic amines is 1. The zero-order valence-corrected chi connectivity index (χ0v) is 9.95. The minimum absolute atomic E-state index is 0.517. The Balaban J connectivity index is 1.91. The highest BCUT2D eigenvalue weighted by Gasteiger charge is 2.15. The third-order valence-electron chi connectivity index (χ3n) is 3.34. The van der Waals surface area contributed by atoms with Crippen LogP contribution in [0.5, 0.6) is 0 Å². The molecule has 90 valence electrons. The molecule has 0 aromatic carbocycles. The highest BCUT2D eigenvalue weighted by Crippen LogP contribution is 2.23. The van der Waals surface area contributed by atoms with Gasteiger partial charge in [-0.3, -0.25) is 5.10 Å². The first-order valence-corrected chi connectivity index (χ1v) is 6.11. The molecule has 5 heteroatoms. The van der Waals surface area contributed by atoms with Crippen molar-refractivity contribution in [3.8, 4) is 0 Å². The van der Waals surface area contributed by atoms with Crippen molar-refractivity contribution in [3.63, 3.8) is 0 Å². The molecule has 17 heavy (non-hydrogen) atoms. The monoisotopic (exact) mass is 231 g/mol. The van der Waals surface area contributed by atoms with Crippen LogP contribution in [0.15, 0.2) is 12.3 Å². The number of hydrogen-bond acceptors (Lipinski definition) is 4. The van der Waals surface area contributed by atoms with Gasteiger partial charge in [-0.2, -0.15) is 5.10 Å². The van der Waals surface area contributed by atoms with E-state index < -0.39 is 0 Å². The molecular weight excluding hydrogens is 214 g/mol. The Morgan fingerprint density at radius 3 is 3.00 bits per heavy atom. The van der Waals surface area contributed by atoms with Crippen molar-refractivity contribution in [1.29, 1.82) is 0 Å². The van der Waals surface area contributed by atoms with Crippen LogP contribution >= 0.6 is 0 Å². The average molecular weight is 231 g/mol. The van der Waals surface area contributed by atoms with Gasteiger partial charge in [0.15, 0.2) is 0 Å². The van der Waals surface area contributed by atoms with Gasteiger partial charge in [-0.05, 0) is 38.9 Å². The third-order valence-corrected chi connectivity index (χ3v) is 3.34. The van der Waals surface area contributed by atoms with Gasteiger partial charge >= 0.3 is 0 Å². The molecule has 0 radical (unpaired) electrons. The summed E-state index contributed by atoms with van der Waals surface area (Å²) in [5, 5.41) is 15.3. The lowest BCUT2D eigenvalue weighted by molar-refractivity contribution is 0.478. The Morgan fingerprint density at radius 1 is 1.35 bits per heavy atom. The van der Waals surface area contributed by atoms with E-state index in [2.05, 4.69) is 25.8 Å². The molecule has 5 nitrogen and oxygen atoms in total. The van der Waals surface area contributed by atoms with Gasteiger partial charge in [0.25, 0.3) is 0 Å². The number of rotatable bonds is 2. The number of fused-ring (bicyclic) bond motifs is 1. The second-order valence-electron chi connectivity index (χ2n) is 4.56. The Hall–Kier alpha value is -1.62. The predicted octanol–water partition coefficient (Wildman–Crippen LogP) is 1.43. The molecule has 1 fully saturated rings. The van der Waals surface area contributed by atoms with E-state index in [-0.39, 0.29) is 0 Å². The van der Waals surface area contributed by atoms with E-state index in [1.165, 1.54) is 0 Å². The second kappa shape index (κ2) is 4.33. The van der Waals surface area contributed by atoms with Gasteiger partial charge in [0.05, 0.1) is 16.6 Å². The van der Waals surface area contributed by atoms with Crippen LogP contribution in [0.25, 0.3) is 10.9 Å². The normalized spacial score (nSPS) is 17.5. The van der Waals surface area contributed by atoms with Crippen LogP contribution in [0.1, 0.15) is 18.5 Å². The van der Waals surface area contributed by atoms with Crippen molar-refractivity contribution in [2.45, 2.75) is 25.8 Å². The van der Waals surface area contributed by atoms with Gasteiger partial charge in [-0.15, -0.1) is 0 Å². The third kappa shape index (κ3) is 1.98. The molecule has 1 aliphatic rings. The van der Waals surface area contributed by atoms with Crippen LogP contribution in [0.3, 0.4) is 0 Å². The fraction of sp³-hybridized carbons (Fsp3) is 0.500. The fourth-order valence-electron chi connectivity index (χ4n) is 2.39. The van der Waals surface area contributed by atoms with Gasteiger partial charge < -0.3 is 10.6 Å². The molecule has 0 saturated carbocycles. The maximum atomic E-state index is 4.44. The number of aryl methyl sites for hydroxylation is 1. The summed E-state index contributed by atoms with van der Waals surface area (Å²) in [6, 6.07) is 2.48. The Bertz CT molecular complexity index is 513. The van der Waals surface area contributed by atoms with E-state index in [4.69, 9.17) is 0 Å². The summed E-state index contributed by atoms with van der Waals surface area (Å²) in [5.74, 6) is 0.959. The minimum Gasteiger partial charge on any atom is -0.367 e. The van der Waals surface area contributed by atoms with Gasteiger partial charge in [0.1, 0.15) is 5.82 Å². The van der Waals surface area contributed by atoms with Crippen molar-refractivity contribution in [3.05, 3.63) is 18.0 Å². The Kier molecular flexibility index (Phi) is 2.68. The number of pyridine rings is 1. The largest absolute Gasteiger partial charge is 0.367 e. The van der Waals surface area contributed by atoms with Crippen molar-refractivity contribution < 1.29 is 0 Å². The number of aromatic nitrogens is 3. The Labute approximate surface area is 100 Å². The number of H-pyrrole nitrogens is 1. The number of piperidine rings is 1. The number of hydrogen-bond donors (Lipinski definition) is 3. The van der Waals surface area contributed by atoms with Crippen molar-refractivity contribution >= 4 is 16.7 Å². The fourth-order valence-corrected chi connectivity index (χ4v) is 2.39. The van der Waals surface area contributed by atoms with Crippen LogP contribution in [0, 0.1) is 6.92 Å². The van der Waals surface area contributed by atoms with E-state index in [1.54, 1.807) is 0 Å². The van der Waals surface area contributed by atoms with E-state index in [1.807, 2.05) is 19.2 Å². The summed E-state index contributed by atoms with van der Waals surface area (Å²) >= 11 is 0. The molecule has 0 bridgehead atoms. The molecule has 1 aliphatic heterocycles. The van der Waals surface area contributed by atoms with Crippen molar-refractivity contribution in [2.75, 3.05) is 18.4 Å². The van der Waals surface area contributed by atoms with E-state index in [9.17, 15) is 0 Å². The zero-order chi connectivity index (χ0) is 11.7. The first-order chi connectivity index (χ1) is 8.34. The topological polar surface area (TPSA) is 65.6 Å². The van der Waals surface area contributed by atoms with Crippen LogP contribution in [0.2, 0.25) is 0 Å². The maximum Gasteiger partial charge on any atom is 0.137 e. The van der Waals surface area contributed by atoms with Gasteiger partial charge in [0.2, 0.25) is 0 Å². The first kappa shape index (κ1) is 10.5. The quantitative estimate of drug-likeness (QED) is 0.731. The molecule has 0 atom stereocenters. The lowest BCUT2D eigenvalue weighted by Crippen LogP contribution is -2.35. The molecule has 0 unspecified atom stereocenters. The number of nitrogens with one attached hydrogen (secondary N) is 3. The highest BCUT2D eigenvalue weighted by molar-refractivity contribution is 5.91. The molecule has 0 amide bonds. The lowest BCUT2D eigenvalue weighted by atomic mass is 10.1. The lowest BCUT2D eigenvalue weighted by Gasteiger charge is -2.24. The van der Waals surface area contributed by atoms with Crippen molar-refractivity contribution in [2.24, 2.45) is 0 Å². The summed E-state index contributed by atoms with van der Waals surface area (Å²) < 4.78 is 0. The molecule has 3 N–H and O–H groups in total. The van der Waals surface area contributed by atoms with Crippen LogP contribution in [-0.2, 0) is 0 Å². The highest BCUT2D eigenvalue weighted by atomic mass is 15.1. The average Bonchev–Trinajstić information content (AvgIpc) is 2.74. The molecule has 3 rings (SSSR count). The molecule has 3 heterocycles. The summed E-state index contributed by atoms with van der Waals surface area (Å²) in [6.45, 7) is 4.17. The van der Waals surface area contributed by atoms with Crippen LogP contribution in [0.4, 0.5) is 5.82 Å². The zero-order valence-electron chi connectivity index (χ0n) is 9.95. The van der Waals surface area contributed by atoms with E-state index in [0.29, 0.717) is 6.04 Å². The first-order valence-electron chi connectivity index (χ1n) is 6.11. The Morgan fingerprint density at radius 2 is 2.18 bits per heavy atom. The smallest absolute Gasteiger partial charge is 0.137 e. The molecule has 2 aromatic heterocycles. The maximum absolute atomic E-state index is 4.44. The minimum atomic E-state index is 0.517. The number of anilines is 1. The molecule has 2 aromatic rings. The summed E-state index contributed by atoms with van der Waals surface area (Å²) in [4.78, 5) is 4.44. The van der Waals surface area contributed by atoms with Crippen LogP contribution in [-0.4, -0.2) is 34.3 Å². The SMILES string of the molecule is Cc1n[nH]c2ccnc(NC3CCNCC3)c12. The summed E-state index contributed by atoms with van der Waals surface area (Å²) in [5.41, 5.74) is 2.05. The van der Waals surface area contributed by atoms with Crippen molar-refractivity contribution in [1.82, 2.24) is 20.5 Å². The number of nitrogens with zero attached hydrogens (tertiary/aromatic N) is 2. The van der Waals surface area contributed by atoms with Gasteiger partial charge in [-0.25, -0.2) is 4.98 Å². The molecule has 1 saturated heterocycles. The summed E-state index contributed by atoms with van der Waals surface area (Å²) in [7, 11) is 0. The second-order valence-corrected chi connectivity index (χ2v) is 4.56. The molecule has 0 spiro atoms. The molecular formula is C12H17N5. The predicted molar refractivity (Wildman–Crippen MR) is 68.1 cm³/mol. The van der Waals surface area contributed by atoms with Gasteiger partial charge in [0, 0.05) is 12.2 Å². The standard InChI is InChI=1S/C12H17N5/c1-8-11-10(17-16-8)4-7-14-12(11)15-9-2-5-13-6-3-9/h4,7,9,13H,2-3,5-6H2,1H3,(H,14,15)(H,16,17). The van der Waals surface area contributed by atoms with E-state index >= 15 is 0 Å². The molecule has 0 aliphatic carbocycles. The van der Waals surface area contributed by atoms with Gasteiger partial charge in [-0.1, -0.05) is 0 Å². The van der Waals surface area contributed by atoms with E-state index in [0.717, 1.165) is 48.3 Å².